The number of ether oxygens (including phenoxy) is 2. The van der Waals surface area contributed by atoms with Crippen molar-refractivity contribution in [3.63, 3.8) is 0 Å². The van der Waals surface area contributed by atoms with Gasteiger partial charge in [0.1, 0.15) is 13.2 Å². The molecular formula is C15H23NO2. The summed E-state index contributed by atoms with van der Waals surface area (Å²) in [6, 6.07) is 6.09. The maximum absolute atomic E-state index is 5.71. The topological polar surface area (TPSA) is 30.5 Å². The van der Waals surface area contributed by atoms with E-state index in [2.05, 4.69) is 32.2 Å². The van der Waals surface area contributed by atoms with E-state index in [-0.39, 0.29) is 5.54 Å². The number of nitrogens with one attached hydrogen (secondary N) is 1. The van der Waals surface area contributed by atoms with Crippen molar-refractivity contribution < 1.29 is 9.47 Å². The Bertz CT molecular complexity index is 401. The molecule has 1 heterocycles. The second-order valence-electron chi connectivity index (χ2n) is 5.43. The molecule has 0 spiro atoms. The number of hydrogen-bond donors (Lipinski definition) is 1. The van der Waals surface area contributed by atoms with E-state index in [1.807, 2.05) is 12.1 Å². The maximum Gasteiger partial charge on any atom is 0.165 e. The molecule has 1 N–H and O–H groups in total. The molecule has 0 amide bonds. The predicted octanol–water partition coefficient (Wildman–Crippen LogP) is 3.13. The summed E-state index contributed by atoms with van der Waals surface area (Å²) in [4.78, 5) is 0. The van der Waals surface area contributed by atoms with Gasteiger partial charge in [0, 0.05) is 17.6 Å². The van der Waals surface area contributed by atoms with Gasteiger partial charge in [-0.05, 0) is 26.3 Å². The van der Waals surface area contributed by atoms with Gasteiger partial charge in [0.25, 0.3) is 0 Å². The molecule has 100 valence electrons. The van der Waals surface area contributed by atoms with E-state index in [0.717, 1.165) is 18.0 Å². The van der Waals surface area contributed by atoms with Gasteiger partial charge < -0.3 is 14.8 Å². The Labute approximate surface area is 109 Å². The molecule has 1 aromatic rings. The van der Waals surface area contributed by atoms with Crippen molar-refractivity contribution in [2.24, 2.45) is 0 Å². The van der Waals surface area contributed by atoms with Crippen LogP contribution >= 0.6 is 0 Å². The quantitative estimate of drug-likeness (QED) is 0.869. The smallest absolute Gasteiger partial charge is 0.165 e. The van der Waals surface area contributed by atoms with Gasteiger partial charge in [0.15, 0.2) is 11.5 Å². The number of benzene rings is 1. The van der Waals surface area contributed by atoms with Gasteiger partial charge in [-0.25, -0.2) is 0 Å². The van der Waals surface area contributed by atoms with Crippen LogP contribution in [-0.2, 0) is 6.54 Å². The normalized spacial score (nSPS) is 14.6. The van der Waals surface area contributed by atoms with E-state index >= 15 is 0 Å². The average Bonchev–Trinajstić information content (AvgIpc) is 2.36. The van der Waals surface area contributed by atoms with Crippen LogP contribution in [0.25, 0.3) is 0 Å². The molecule has 1 aliphatic heterocycles. The van der Waals surface area contributed by atoms with Crippen LogP contribution in [0.4, 0.5) is 0 Å². The molecule has 0 bridgehead atoms. The van der Waals surface area contributed by atoms with Crippen LogP contribution in [0.5, 0.6) is 11.5 Å². The molecule has 0 radical (unpaired) electrons. The first-order valence-corrected chi connectivity index (χ1v) is 6.75. The third-order valence-corrected chi connectivity index (χ3v) is 3.28. The SMILES string of the molecule is CCCC(C)(C)NCc1cccc2c1OCCO2. The second-order valence-corrected chi connectivity index (χ2v) is 5.43. The summed E-state index contributed by atoms with van der Waals surface area (Å²) in [5.41, 5.74) is 1.34. The Morgan fingerprint density at radius 1 is 1.22 bits per heavy atom. The Morgan fingerprint density at radius 3 is 2.78 bits per heavy atom. The number of rotatable bonds is 5. The van der Waals surface area contributed by atoms with Crippen LogP contribution in [0.3, 0.4) is 0 Å². The average molecular weight is 249 g/mol. The number of hydrogen-bond acceptors (Lipinski definition) is 3. The van der Waals surface area contributed by atoms with E-state index in [9.17, 15) is 0 Å². The molecule has 18 heavy (non-hydrogen) atoms. The van der Waals surface area contributed by atoms with E-state index in [1.165, 1.54) is 18.4 Å². The largest absolute Gasteiger partial charge is 0.486 e. The standard InChI is InChI=1S/C15H23NO2/c1-4-8-15(2,3)16-11-12-6-5-7-13-14(12)18-10-9-17-13/h5-7,16H,4,8-11H2,1-3H3. The molecule has 0 aliphatic carbocycles. The fourth-order valence-corrected chi connectivity index (χ4v) is 2.32. The molecule has 3 nitrogen and oxygen atoms in total. The van der Waals surface area contributed by atoms with Gasteiger partial charge in [-0.15, -0.1) is 0 Å². The van der Waals surface area contributed by atoms with Gasteiger partial charge in [-0.2, -0.15) is 0 Å². The van der Waals surface area contributed by atoms with E-state index in [4.69, 9.17) is 9.47 Å². The predicted molar refractivity (Wildman–Crippen MR) is 73.3 cm³/mol. The summed E-state index contributed by atoms with van der Waals surface area (Å²) in [6.07, 6.45) is 2.35. The summed E-state index contributed by atoms with van der Waals surface area (Å²) in [5.74, 6) is 1.78. The zero-order valence-corrected chi connectivity index (χ0v) is 11.6. The van der Waals surface area contributed by atoms with Crippen LogP contribution in [0, 0.1) is 0 Å². The Kier molecular flexibility index (Phi) is 4.12. The lowest BCUT2D eigenvalue weighted by Gasteiger charge is -2.27. The molecule has 0 unspecified atom stereocenters. The summed E-state index contributed by atoms with van der Waals surface area (Å²) in [5, 5.41) is 3.59. The molecule has 2 rings (SSSR count). The minimum atomic E-state index is 0.160. The van der Waals surface area contributed by atoms with Crippen molar-refractivity contribution in [3.8, 4) is 11.5 Å². The fourth-order valence-electron chi connectivity index (χ4n) is 2.32. The molecule has 3 heteroatoms. The van der Waals surface area contributed by atoms with Crippen LogP contribution < -0.4 is 14.8 Å². The first kappa shape index (κ1) is 13.2. The molecule has 0 aromatic heterocycles. The summed E-state index contributed by atoms with van der Waals surface area (Å²) in [7, 11) is 0. The van der Waals surface area contributed by atoms with Crippen molar-refractivity contribution >= 4 is 0 Å². The lowest BCUT2D eigenvalue weighted by molar-refractivity contribution is 0.169. The van der Waals surface area contributed by atoms with Crippen molar-refractivity contribution in [3.05, 3.63) is 23.8 Å². The van der Waals surface area contributed by atoms with Crippen molar-refractivity contribution in [1.82, 2.24) is 5.32 Å². The van der Waals surface area contributed by atoms with Crippen molar-refractivity contribution in [2.75, 3.05) is 13.2 Å². The fraction of sp³-hybridized carbons (Fsp3) is 0.600. The van der Waals surface area contributed by atoms with Crippen LogP contribution in [0.15, 0.2) is 18.2 Å². The molecule has 0 fully saturated rings. The Morgan fingerprint density at radius 2 is 2.00 bits per heavy atom. The molecule has 0 saturated carbocycles. The molecule has 0 atom stereocenters. The highest BCUT2D eigenvalue weighted by atomic mass is 16.6. The molecule has 0 saturated heterocycles. The lowest BCUT2D eigenvalue weighted by atomic mass is 9.98. The molecular weight excluding hydrogens is 226 g/mol. The van der Waals surface area contributed by atoms with E-state index in [1.54, 1.807) is 0 Å². The second kappa shape index (κ2) is 5.61. The highest BCUT2D eigenvalue weighted by molar-refractivity contribution is 5.47. The van der Waals surface area contributed by atoms with Crippen molar-refractivity contribution in [2.45, 2.75) is 45.7 Å². The third-order valence-electron chi connectivity index (χ3n) is 3.28. The summed E-state index contributed by atoms with van der Waals surface area (Å²) in [6.45, 7) is 8.80. The zero-order valence-electron chi connectivity index (χ0n) is 11.6. The number of fused-ring (bicyclic) bond motifs is 1. The van der Waals surface area contributed by atoms with Gasteiger partial charge in [-0.3, -0.25) is 0 Å². The summed E-state index contributed by atoms with van der Waals surface area (Å²) >= 11 is 0. The van der Waals surface area contributed by atoms with Crippen LogP contribution in [0.1, 0.15) is 39.2 Å². The first-order chi connectivity index (χ1) is 8.62. The molecule has 1 aliphatic rings. The minimum absolute atomic E-state index is 0.160. The van der Waals surface area contributed by atoms with E-state index < -0.39 is 0 Å². The molecule has 1 aromatic carbocycles. The lowest BCUT2D eigenvalue weighted by Crippen LogP contribution is -2.38. The third kappa shape index (κ3) is 3.16. The first-order valence-electron chi connectivity index (χ1n) is 6.75. The van der Waals surface area contributed by atoms with Gasteiger partial charge in [0.2, 0.25) is 0 Å². The highest BCUT2D eigenvalue weighted by Gasteiger charge is 2.19. The van der Waals surface area contributed by atoms with Crippen LogP contribution in [-0.4, -0.2) is 18.8 Å². The van der Waals surface area contributed by atoms with Gasteiger partial charge >= 0.3 is 0 Å². The Hall–Kier alpha value is -1.22. The van der Waals surface area contributed by atoms with Gasteiger partial charge in [0.05, 0.1) is 0 Å². The van der Waals surface area contributed by atoms with Gasteiger partial charge in [-0.1, -0.05) is 25.5 Å². The minimum Gasteiger partial charge on any atom is -0.486 e. The van der Waals surface area contributed by atoms with Crippen molar-refractivity contribution in [1.29, 1.82) is 0 Å². The monoisotopic (exact) mass is 249 g/mol. The highest BCUT2D eigenvalue weighted by Crippen LogP contribution is 2.33. The van der Waals surface area contributed by atoms with Crippen LogP contribution in [0.2, 0.25) is 0 Å². The summed E-state index contributed by atoms with van der Waals surface area (Å²) < 4.78 is 11.3. The van der Waals surface area contributed by atoms with E-state index in [0.29, 0.717) is 13.2 Å². The maximum atomic E-state index is 5.71. The number of para-hydroxylation sites is 1. The Balaban J connectivity index is 2.05. The zero-order chi connectivity index (χ0) is 13.0.